The summed E-state index contributed by atoms with van der Waals surface area (Å²) in [4.78, 5) is 0. The van der Waals surface area contributed by atoms with Gasteiger partial charge in [0.1, 0.15) is 0 Å². The van der Waals surface area contributed by atoms with Gasteiger partial charge in [-0.3, -0.25) is 9.11 Å². The van der Waals surface area contributed by atoms with E-state index in [-0.39, 0.29) is 0 Å². The van der Waals surface area contributed by atoms with Crippen molar-refractivity contribution in [2.45, 2.75) is 0 Å². The molecule has 0 saturated carbocycles. The van der Waals surface area contributed by atoms with Crippen molar-refractivity contribution in [3.63, 3.8) is 0 Å². The fourth-order valence-electron chi connectivity index (χ4n) is 1.28. The first-order valence-electron chi connectivity index (χ1n) is 4.97. The first-order chi connectivity index (χ1) is 8.75. The molecule has 0 atom stereocenters. The highest BCUT2D eigenvalue weighted by molar-refractivity contribution is 7.79. The molecule has 2 N–H and O–H groups in total. The molecule has 2 aromatic carbocycles. The summed E-state index contributed by atoms with van der Waals surface area (Å²) in [5.41, 5.74) is 2.29. The van der Waals surface area contributed by atoms with Crippen molar-refractivity contribution in [3.05, 3.63) is 58.6 Å². The molecule has 102 valence electrons. The van der Waals surface area contributed by atoms with E-state index in [2.05, 4.69) is 0 Å². The highest BCUT2D eigenvalue weighted by Gasteiger charge is 1.96. The molecule has 0 aliphatic rings. The normalized spacial score (nSPS) is 10.5. The van der Waals surface area contributed by atoms with Crippen LogP contribution in [-0.2, 0) is 10.4 Å². The van der Waals surface area contributed by atoms with Gasteiger partial charge in [0.2, 0.25) is 0 Å². The van der Waals surface area contributed by atoms with Gasteiger partial charge in [0.05, 0.1) is 0 Å². The Kier molecular flexibility index (Phi) is 5.78. The van der Waals surface area contributed by atoms with Crippen LogP contribution >= 0.6 is 23.2 Å². The third kappa shape index (κ3) is 7.15. The summed E-state index contributed by atoms with van der Waals surface area (Å²) in [5, 5.41) is 1.51. The zero-order valence-electron chi connectivity index (χ0n) is 9.49. The Morgan fingerprint density at radius 2 is 0.895 bits per heavy atom. The minimum atomic E-state index is -4.67. The highest BCUT2D eigenvalue weighted by atomic mass is 35.5. The van der Waals surface area contributed by atoms with Crippen LogP contribution in [0.5, 0.6) is 0 Å². The van der Waals surface area contributed by atoms with Gasteiger partial charge in [-0.1, -0.05) is 47.5 Å². The lowest BCUT2D eigenvalue weighted by molar-refractivity contribution is 0.381. The van der Waals surface area contributed by atoms with Gasteiger partial charge in [-0.15, -0.1) is 0 Å². The molecule has 2 aromatic rings. The molecule has 2 rings (SSSR count). The predicted molar refractivity (Wildman–Crippen MR) is 76.1 cm³/mol. The number of rotatable bonds is 1. The highest BCUT2D eigenvalue weighted by Crippen LogP contribution is 2.22. The van der Waals surface area contributed by atoms with Crippen molar-refractivity contribution in [2.75, 3.05) is 0 Å². The van der Waals surface area contributed by atoms with Crippen LogP contribution in [0.4, 0.5) is 0 Å². The summed E-state index contributed by atoms with van der Waals surface area (Å²) in [7, 11) is -4.67. The molecule has 0 bridgehead atoms. The van der Waals surface area contributed by atoms with E-state index < -0.39 is 10.4 Å². The van der Waals surface area contributed by atoms with Gasteiger partial charge >= 0.3 is 10.4 Å². The number of halogens is 2. The molecule has 0 spiro atoms. The van der Waals surface area contributed by atoms with Crippen molar-refractivity contribution in [3.8, 4) is 11.1 Å². The van der Waals surface area contributed by atoms with Gasteiger partial charge in [-0.05, 0) is 35.4 Å². The van der Waals surface area contributed by atoms with Crippen LogP contribution in [0.1, 0.15) is 0 Å². The average Bonchev–Trinajstić information content (AvgIpc) is 2.29. The Bertz CT molecular complexity index is 570. The minimum absolute atomic E-state index is 0.753. The molecule has 0 heterocycles. The van der Waals surface area contributed by atoms with Crippen molar-refractivity contribution >= 4 is 33.6 Å². The van der Waals surface area contributed by atoms with Crippen molar-refractivity contribution < 1.29 is 17.5 Å². The lowest BCUT2D eigenvalue weighted by atomic mass is 10.1. The molecular formula is C12H10Cl2O4S. The molecule has 0 amide bonds. The van der Waals surface area contributed by atoms with Gasteiger partial charge < -0.3 is 0 Å². The van der Waals surface area contributed by atoms with Crippen LogP contribution in [-0.4, -0.2) is 17.5 Å². The summed E-state index contributed by atoms with van der Waals surface area (Å²) in [5.74, 6) is 0. The first-order valence-corrected chi connectivity index (χ1v) is 7.12. The Balaban J connectivity index is 0.000000312. The van der Waals surface area contributed by atoms with E-state index in [1.807, 2.05) is 48.5 Å². The second kappa shape index (κ2) is 6.88. The molecule has 0 fully saturated rings. The van der Waals surface area contributed by atoms with Gasteiger partial charge in [0.15, 0.2) is 0 Å². The predicted octanol–water partition coefficient (Wildman–Crippen LogP) is 4.01. The second-order valence-electron chi connectivity index (χ2n) is 3.46. The first kappa shape index (κ1) is 15.9. The number of benzene rings is 2. The maximum Gasteiger partial charge on any atom is 0.394 e. The van der Waals surface area contributed by atoms with Gasteiger partial charge in [-0.2, -0.15) is 8.42 Å². The quantitative estimate of drug-likeness (QED) is 0.778. The van der Waals surface area contributed by atoms with Crippen LogP contribution < -0.4 is 0 Å². The van der Waals surface area contributed by atoms with Crippen LogP contribution in [0.25, 0.3) is 11.1 Å². The Morgan fingerprint density at radius 3 is 1.11 bits per heavy atom. The van der Waals surface area contributed by atoms with Crippen LogP contribution in [0.2, 0.25) is 10.0 Å². The SMILES string of the molecule is Clc1ccc(-c2ccc(Cl)cc2)cc1.O=S(=O)(O)O. The third-order valence-electron chi connectivity index (χ3n) is 2.02. The monoisotopic (exact) mass is 320 g/mol. The lowest BCUT2D eigenvalue weighted by Gasteiger charge is -2.01. The van der Waals surface area contributed by atoms with Crippen LogP contribution in [0.15, 0.2) is 48.5 Å². The molecule has 0 unspecified atom stereocenters. The molecule has 0 aliphatic heterocycles. The molecule has 19 heavy (non-hydrogen) atoms. The topological polar surface area (TPSA) is 74.6 Å². The summed E-state index contributed by atoms with van der Waals surface area (Å²) < 4.78 is 31.6. The average molecular weight is 321 g/mol. The largest absolute Gasteiger partial charge is 0.394 e. The Morgan fingerprint density at radius 1 is 0.684 bits per heavy atom. The molecule has 0 aromatic heterocycles. The molecule has 4 nitrogen and oxygen atoms in total. The third-order valence-corrected chi connectivity index (χ3v) is 2.53. The van der Waals surface area contributed by atoms with E-state index >= 15 is 0 Å². The van der Waals surface area contributed by atoms with Gasteiger partial charge in [-0.25, -0.2) is 0 Å². The van der Waals surface area contributed by atoms with E-state index in [9.17, 15) is 0 Å². The van der Waals surface area contributed by atoms with E-state index in [0.29, 0.717) is 0 Å². The zero-order valence-corrected chi connectivity index (χ0v) is 11.8. The summed E-state index contributed by atoms with van der Waals surface area (Å²) in [6.45, 7) is 0. The summed E-state index contributed by atoms with van der Waals surface area (Å²) in [6.07, 6.45) is 0. The van der Waals surface area contributed by atoms with Crippen molar-refractivity contribution in [1.82, 2.24) is 0 Å². The van der Waals surface area contributed by atoms with E-state index in [4.69, 9.17) is 40.7 Å². The fourth-order valence-corrected chi connectivity index (χ4v) is 1.54. The summed E-state index contributed by atoms with van der Waals surface area (Å²) >= 11 is 11.6. The number of hydrogen-bond acceptors (Lipinski definition) is 2. The summed E-state index contributed by atoms with van der Waals surface area (Å²) in [6, 6.07) is 15.5. The minimum Gasteiger partial charge on any atom is -0.264 e. The molecule has 7 heteroatoms. The van der Waals surface area contributed by atoms with E-state index in [1.165, 1.54) is 0 Å². The van der Waals surface area contributed by atoms with Crippen molar-refractivity contribution in [2.24, 2.45) is 0 Å². The Hall–Kier alpha value is -1.11. The van der Waals surface area contributed by atoms with E-state index in [0.717, 1.165) is 21.2 Å². The molecule has 0 radical (unpaired) electrons. The smallest absolute Gasteiger partial charge is 0.264 e. The van der Waals surface area contributed by atoms with Gasteiger partial charge in [0.25, 0.3) is 0 Å². The number of hydrogen-bond donors (Lipinski definition) is 2. The molecule has 0 saturated heterocycles. The standard InChI is InChI=1S/C12H8Cl2.H2O4S/c13-11-5-1-9(2-6-11)10-3-7-12(14)8-4-10;1-5(2,3)4/h1-8H;(H2,1,2,3,4). The molecular weight excluding hydrogens is 311 g/mol. The molecule has 0 aliphatic carbocycles. The van der Waals surface area contributed by atoms with Gasteiger partial charge in [0, 0.05) is 10.0 Å². The lowest BCUT2D eigenvalue weighted by Crippen LogP contribution is -1.89. The fraction of sp³-hybridized carbons (Fsp3) is 0. The van der Waals surface area contributed by atoms with Crippen molar-refractivity contribution in [1.29, 1.82) is 0 Å². The van der Waals surface area contributed by atoms with Crippen LogP contribution in [0, 0.1) is 0 Å². The Labute approximate surface area is 121 Å². The maximum absolute atomic E-state index is 8.74. The van der Waals surface area contributed by atoms with E-state index in [1.54, 1.807) is 0 Å². The zero-order chi connectivity index (χ0) is 14.5. The van der Waals surface area contributed by atoms with Crippen LogP contribution in [0.3, 0.4) is 0 Å². The second-order valence-corrected chi connectivity index (χ2v) is 5.23. The maximum atomic E-state index is 8.74.